The van der Waals surface area contributed by atoms with Crippen LogP contribution in [-0.4, -0.2) is 38.3 Å². The van der Waals surface area contributed by atoms with E-state index in [0.29, 0.717) is 0 Å². The Morgan fingerprint density at radius 3 is 1.14 bits per heavy atom. The van der Waals surface area contributed by atoms with Crippen molar-refractivity contribution in [2.24, 2.45) is 0 Å². The highest BCUT2D eigenvalue weighted by atomic mass is 35.5. The van der Waals surface area contributed by atoms with Crippen LogP contribution in [0.1, 0.15) is 94.5 Å². The van der Waals surface area contributed by atoms with Gasteiger partial charge in [0.25, 0.3) is 0 Å². The van der Waals surface area contributed by atoms with Gasteiger partial charge in [0, 0.05) is 87.7 Å². The Bertz CT molecular complexity index is 6990. The second-order valence-corrected chi connectivity index (χ2v) is 36.7. The molecule has 5 aliphatic rings. The third-order valence-corrected chi connectivity index (χ3v) is 29.2. The van der Waals surface area contributed by atoms with Crippen LogP contribution >= 0.6 is 57.8 Å². The molecule has 0 atom stereocenters. The maximum Gasteiger partial charge on any atom is 0.494 e. The summed E-state index contributed by atoms with van der Waals surface area (Å²) in [5.41, 5.74) is 29.4. The minimum Gasteiger partial charge on any atom is -0.399 e. The van der Waals surface area contributed by atoms with Crippen molar-refractivity contribution in [1.29, 1.82) is 0 Å². The Morgan fingerprint density at radius 1 is 0.302 bits per heavy atom. The lowest BCUT2D eigenvalue weighted by Crippen LogP contribution is -2.41. The summed E-state index contributed by atoms with van der Waals surface area (Å²) >= 11 is 13.6. The maximum absolute atomic E-state index is 6.52. The van der Waals surface area contributed by atoms with Gasteiger partial charge in [-0.15, -0.1) is 22.7 Å². The second kappa shape index (κ2) is 28.0. The van der Waals surface area contributed by atoms with Gasteiger partial charge in [-0.1, -0.05) is 283 Å². The number of hydrogen-bond acceptors (Lipinski definition) is 10. The lowest BCUT2D eigenvalue weighted by molar-refractivity contribution is 0.00578. The molecule has 0 saturated carbocycles. The van der Waals surface area contributed by atoms with Crippen molar-refractivity contribution in [1.82, 2.24) is 19.9 Å². The van der Waals surface area contributed by atoms with Gasteiger partial charge < -0.3 is 9.31 Å². The van der Waals surface area contributed by atoms with Crippen LogP contribution in [0.15, 0.2) is 335 Å². The van der Waals surface area contributed by atoms with Gasteiger partial charge in [-0.3, -0.25) is 0 Å². The van der Waals surface area contributed by atoms with Gasteiger partial charge in [0.05, 0.1) is 44.8 Å². The Balaban J connectivity index is 0.000000116. The average molecular weight is 1590 g/mol. The van der Waals surface area contributed by atoms with Crippen LogP contribution in [0.25, 0.3) is 119 Å². The molecule has 7 heterocycles. The lowest BCUT2D eigenvalue weighted by Gasteiger charge is -2.40. The molecule has 18 aromatic rings. The molecule has 0 amide bonds. The molecule has 1 fully saturated rings. The fraction of sp³-hybridized carbons (Fsp3) is 0.115. The first-order chi connectivity index (χ1) is 56.5. The molecule has 3 aliphatic heterocycles. The molecule has 23 rings (SSSR count). The van der Waals surface area contributed by atoms with Crippen molar-refractivity contribution in [3.05, 3.63) is 387 Å². The van der Waals surface area contributed by atoms with Gasteiger partial charge in [-0.25, -0.2) is 19.9 Å². The van der Waals surface area contributed by atoms with Gasteiger partial charge in [-0.2, -0.15) is 0 Å². The highest BCUT2D eigenvalue weighted by Crippen LogP contribution is 2.65. The molecule has 558 valence electrons. The SMILES string of the molecule is Cc1cc(C)c2c(c1)C1(c3ccccc3Sc3ccccc31)c1cc(-c3nc(-c4ccccc4)cc(-c4ccc5c(c4)sc4ccccc45)n3)ccc1-2.Cc1cc(C)c2c(c1)C1(c3ccccc3Sc3ccccc31)c1cc(B3OC(C)(C)C(C)(C)O3)ccc1-2.Clc1nc(-c2ccccc2)cc(-c2ccc3c(c2)sc2ccccc23)n1. The second-order valence-electron chi connectivity index (χ2n) is 32.1. The fourth-order valence-electron chi connectivity index (χ4n) is 18.7. The highest BCUT2D eigenvalue weighted by Gasteiger charge is 2.55. The number of hydrogen-bond donors (Lipinski definition) is 0. The minimum absolute atomic E-state index is 0.262. The average Bonchev–Trinajstić information content (AvgIpc) is 1.51. The largest absolute Gasteiger partial charge is 0.494 e. The van der Waals surface area contributed by atoms with Gasteiger partial charge in [-0.05, 0) is 217 Å². The summed E-state index contributed by atoms with van der Waals surface area (Å²) in [4.78, 5) is 24.8. The lowest BCUT2D eigenvalue weighted by atomic mass is 9.65. The van der Waals surface area contributed by atoms with E-state index < -0.39 is 12.5 Å². The number of fused-ring (bicyclic) bond motifs is 24. The standard InChI is InChI=1S/C49H32N2S2.C33H31BO2S.C22H13ClN2S/c1-29-24-30(2)47-36-23-21-33(26-39(36)49(40(47)25-29)37-15-7-10-18-44(37)53-45-19-11-8-16-38(45)49)48-50-41(31-12-4-3-5-13-31)28-42(51-48)32-20-22-35-34-14-6-9-17-43(34)52-46(35)27-32;1-20-17-21(2)30-23-16-15-22(34-35-31(3,4)32(5,6)36-34)19-26(23)33(27(30)18-20)24-11-7-9-13-28(24)37-29-14-10-8-12-25(29)33;23-22-24-18(14-6-2-1-3-7-14)13-19(25-22)15-10-11-17-16-8-4-5-9-20(16)26-21(17)12-15/h3-28H,1-2H3;7-19H,1-6H3;1-13H. The fourth-order valence-corrected chi connectivity index (χ4v) is 23.5. The molecule has 14 aromatic carbocycles. The summed E-state index contributed by atoms with van der Waals surface area (Å²) in [7, 11) is -0.401. The summed E-state index contributed by atoms with van der Waals surface area (Å²) < 4.78 is 18.1. The highest BCUT2D eigenvalue weighted by molar-refractivity contribution is 7.99. The van der Waals surface area contributed by atoms with E-state index >= 15 is 0 Å². The molecule has 12 heteroatoms. The summed E-state index contributed by atoms with van der Waals surface area (Å²) in [5, 5.41) is 5.42. The molecule has 116 heavy (non-hydrogen) atoms. The Morgan fingerprint density at radius 2 is 0.672 bits per heavy atom. The van der Waals surface area contributed by atoms with Crippen LogP contribution in [0.3, 0.4) is 0 Å². The van der Waals surface area contributed by atoms with Gasteiger partial charge in [0.2, 0.25) is 5.28 Å². The molecule has 4 aromatic heterocycles. The molecule has 0 bridgehead atoms. The molecule has 6 nitrogen and oxygen atoms in total. The van der Waals surface area contributed by atoms with Gasteiger partial charge in [0.15, 0.2) is 5.82 Å². The smallest absolute Gasteiger partial charge is 0.399 e. The van der Waals surface area contributed by atoms with Crippen molar-refractivity contribution in [3.8, 4) is 78.7 Å². The minimum atomic E-state index is -0.470. The number of nitrogens with zero attached hydrogens (tertiary/aromatic N) is 4. The van der Waals surface area contributed by atoms with E-state index in [9.17, 15) is 0 Å². The van der Waals surface area contributed by atoms with E-state index in [1.807, 2.05) is 71.3 Å². The third-order valence-electron chi connectivity index (χ3n) is 24.5. The number of rotatable bonds is 6. The molecule has 2 aliphatic carbocycles. The van der Waals surface area contributed by atoms with E-state index in [1.54, 1.807) is 11.3 Å². The van der Waals surface area contributed by atoms with Crippen LogP contribution in [0, 0.1) is 27.7 Å². The van der Waals surface area contributed by atoms with Gasteiger partial charge >= 0.3 is 7.12 Å². The van der Waals surface area contributed by atoms with Crippen molar-refractivity contribution in [2.75, 3.05) is 0 Å². The molecule has 0 unspecified atom stereocenters. The Labute approximate surface area is 697 Å². The first kappa shape index (κ1) is 72.4. The van der Waals surface area contributed by atoms with E-state index in [0.717, 1.165) is 61.9 Å². The van der Waals surface area contributed by atoms with E-state index in [4.69, 9.17) is 30.9 Å². The van der Waals surface area contributed by atoms with E-state index in [-0.39, 0.29) is 21.9 Å². The van der Waals surface area contributed by atoms with Crippen LogP contribution in [0.4, 0.5) is 0 Å². The zero-order valence-corrected chi connectivity index (χ0v) is 69.2. The molecule has 1 saturated heterocycles. The predicted molar refractivity (Wildman–Crippen MR) is 486 cm³/mol. The summed E-state index contributed by atoms with van der Waals surface area (Å²) in [6.45, 7) is 17.4. The van der Waals surface area contributed by atoms with Crippen LogP contribution < -0.4 is 5.46 Å². The summed E-state index contributed by atoms with van der Waals surface area (Å²) in [5.74, 6) is 0.728. The monoisotopic (exact) mass is 1590 g/mol. The van der Waals surface area contributed by atoms with Crippen molar-refractivity contribution in [2.45, 2.75) is 97.0 Å². The summed E-state index contributed by atoms with van der Waals surface area (Å²) in [6, 6.07) is 114. The van der Waals surface area contributed by atoms with Gasteiger partial charge in [0.1, 0.15) is 0 Å². The first-order valence-corrected chi connectivity index (χ1v) is 43.1. The Kier molecular flexibility index (Phi) is 17.4. The number of benzene rings is 14. The zero-order chi connectivity index (χ0) is 78.5. The predicted octanol–water partition coefficient (Wildman–Crippen LogP) is 27.6. The van der Waals surface area contributed by atoms with Crippen molar-refractivity contribution < 1.29 is 9.31 Å². The first-order valence-electron chi connectivity index (χ1n) is 39.5. The maximum atomic E-state index is 6.52. The number of thiophene rings is 2. The van der Waals surface area contributed by atoms with Crippen LogP contribution in [-0.2, 0) is 20.1 Å². The topological polar surface area (TPSA) is 70.0 Å². The van der Waals surface area contributed by atoms with Crippen LogP contribution in [0.2, 0.25) is 5.28 Å². The molecular formula is C104H76BClN4O2S4. The number of aromatic nitrogens is 4. The third kappa shape index (κ3) is 11.7. The number of halogens is 1. The van der Waals surface area contributed by atoms with Crippen LogP contribution in [0.5, 0.6) is 0 Å². The molecule has 0 radical (unpaired) electrons. The van der Waals surface area contributed by atoms with E-state index in [1.165, 1.54) is 149 Å². The quantitative estimate of drug-likeness (QED) is 0.120. The summed E-state index contributed by atoms with van der Waals surface area (Å²) in [6.07, 6.45) is 0. The molecular weight excluding hydrogens is 1510 g/mol. The number of aryl methyl sites for hydroxylation is 4. The van der Waals surface area contributed by atoms with E-state index in [2.05, 4.69) is 344 Å². The molecule has 0 N–H and O–H groups in total. The van der Waals surface area contributed by atoms with Crippen molar-refractivity contribution in [3.63, 3.8) is 0 Å². The normalized spacial score (nSPS) is 14.9. The Hall–Kier alpha value is -11.3. The zero-order valence-electron chi connectivity index (χ0n) is 65.2. The molecule has 2 spiro atoms. The van der Waals surface area contributed by atoms with Crippen molar-refractivity contribution >= 4 is 111 Å².